The standard InChI is InChI=1S/C16H12ClF7N2O/c17-10-1-2-12(25-6-10)14(26-7-13(27)16(22,23)24)8-3-9(15(19,20)21)5-11(18)4-8/h1-6,13-14,26-27H,7H2/t13-,14-/m1/s1. The second-order valence-corrected chi connectivity index (χ2v) is 6.01. The van der Waals surface area contributed by atoms with E-state index in [1.54, 1.807) is 0 Å². The lowest BCUT2D eigenvalue weighted by Gasteiger charge is -2.23. The summed E-state index contributed by atoms with van der Waals surface area (Å²) in [6, 6.07) is 2.83. The molecule has 27 heavy (non-hydrogen) atoms. The number of aliphatic hydroxyl groups is 1. The summed E-state index contributed by atoms with van der Waals surface area (Å²) in [5.41, 5.74) is -1.63. The van der Waals surface area contributed by atoms with Gasteiger partial charge in [0, 0.05) is 12.7 Å². The topological polar surface area (TPSA) is 45.1 Å². The van der Waals surface area contributed by atoms with Gasteiger partial charge in [-0.1, -0.05) is 11.6 Å². The average molecular weight is 417 g/mol. The molecule has 0 aliphatic carbocycles. The Morgan fingerprint density at radius 3 is 2.26 bits per heavy atom. The van der Waals surface area contributed by atoms with Crippen LogP contribution in [0.4, 0.5) is 30.7 Å². The molecule has 1 heterocycles. The lowest BCUT2D eigenvalue weighted by Crippen LogP contribution is -2.40. The fourth-order valence-corrected chi connectivity index (χ4v) is 2.35. The molecular weight excluding hydrogens is 405 g/mol. The lowest BCUT2D eigenvalue weighted by molar-refractivity contribution is -0.202. The molecule has 2 rings (SSSR count). The largest absolute Gasteiger partial charge is 0.416 e. The molecule has 2 aromatic rings. The highest BCUT2D eigenvalue weighted by atomic mass is 35.5. The maximum atomic E-state index is 13.7. The van der Waals surface area contributed by atoms with Crippen LogP contribution in [0.5, 0.6) is 0 Å². The Bertz CT molecular complexity index is 778. The zero-order valence-electron chi connectivity index (χ0n) is 13.2. The van der Waals surface area contributed by atoms with Gasteiger partial charge in [0.05, 0.1) is 22.3 Å². The number of hydrogen-bond acceptors (Lipinski definition) is 3. The first-order valence-electron chi connectivity index (χ1n) is 7.35. The monoisotopic (exact) mass is 416 g/mol. The summed E-state index contributed by atoms with van der Waals surface area (Å²) in [6.45, 7) is -1.05. The summed E-state index contributed by atoms with van der Waals surface area (Å²) in [4.78, 5) is 3.86. The highest BCUT2D eigenvalue weighted by Gasteiger charge is 2.38. The van der Waals surface area contributed by atoms with Gasteiger partial charge in [0.2, 0.25) is 0 Å². The van der Waals surface area contributed by atoms with Crippen LogP contribution in [-0.4, -0.2) is 28.9 Å². The smallest absolute Gasteiger partial charge is 0.382 e. The van der Waals surface area contributed by atoms with Crippen molar-refractivity contribution in [2.45, 2.75) is 24.5 Å². The normalized spacial score (nSPS) is 14.9. The molecule has 2 N–H and O–H groups in total. The van der Waals surface area contributed by atoms with Crippen molar-refractivity contribution in [3.8, 4) is 0 Å². The number of pyridine rings is 1. The summed E-state index contributed by atoms with van der Waals surface area (Å²) in [6.07, 6.45) is -11.4. The van der Waals surface area contributed by atoms with Crippen LogP contribution in [-0.2, 0) is 6.18 Å². The van der Waals surface area contributed by atoms with Gasteiger partial charge in [-0.2, -0.15) is 26.3 Å². The molecule has 0 aliphatic rings. The number of aliphatic hydroxyl groups excluding tert-OH is 1. The van der Waals surface area contributed by atoms with E-state index in [2.05, 4.69) is 10.3 Å². The summed E-state index contributed by atoms with van der Waals surface area (Å²) < 4.78 is 90.0. The molecular formula is C16H12ClF7N2O. The number of aromatic nitrogens is 1. The van der Waals surface area contributed by atoms with Gasteiger partial charge in [-0.25, -0.2) is 4.39 Å². The molecule has 1 aromatic heterocycles. The molecule has 2 atom stereocenters. The Labute approximate surface area is 153 Å². The van der Waals surface area contributed by atoms with Gasteiger partial charge in [-0.15, -0.1) is 0 Å². The molecule has 0 radical (unpaired) electrons. The van der Waals surface area contributed by atoms with Crippen molar-refractivity contribution in [3.63, 3.8) is 0 Å². The number of alkyl halides is 6. The van der Waals surface area contributed by atoms with Gasteiger partial charge in [0.15, 0.2) is 6.10 Å². The van der Waals surface area contributed by atoms with Crippen LogP contribution in [0.2, 0.25) is 5.02 Å². The molecule has 0 unspecified atom stereocenters. The van der Waals surface area contributed by atoms with E-state index in [9.17, 15) is 30.7 Å². The van der Waals surface area contributed by atoms with Gasteiger partial charge in [0.25, 0.3) is 0 Å². The van der Waals surface area contributed by atoms with E-state index in [1.807, 2.05) is 0 Å². The zero-order valence-corrected chi connectivity index (χ0v) is 14.0. The molecule has 0 saturated heterocycles. The Morgan fingerprint density at radius 2 is 1.74 bits per heavy atom. The minimum absolute atomic E-state index is 0.00695. The van der Waals surface area contributed by atoms with Crippen molar-refractivity contribution < 1.29 is 35.8 Å². The first-order valence-corrected chi connectivity index (χ1v) is 7.73. The van der Waals surface area contributed by atoms with Crippen LogP contribution in [0, 0.1) is 5.82 Å². The molecule has 3 nitrogen and oxygen atoms in total. The number of hydrogen-bond donors (Lipinski definition) is 2. The first kappa shape index (κ1) is 21.4. The van der Waals surface area contributed by atoms with Gasteiger partial charge in [0.1, 0.15) is 5.82 Å². The van der Waals surface area contributed by atoms with Crippen LogP contribution in [0.3, 0.4) is 0 Å². The first-order chi connectivity index (χ1) is 12.4. The predicted octanol–water partition coefficient (Wildman–Crippen LogP) is 4.50. The molecule has 0 spiro atoms. The number of nitrogens with one attached hydrogen (secondary N) is 1. The van der Waals surface area contributed by atoms with E-state index < -0.39 is 42.4 Å². The molecule has 1 aromatic carbocycles. The number of halogens is 8. The van der Waals surface area contributed by atoms with E-state index in [0.717, 1.165) is 12.3 Å². The Balaban J connectivity index is 2.43. The molecule has 0 fully saturated rings. The summed E-state index contributed by atoms with van der Waals surface area (Å²) in [5.74, 6) is -1.23. The van der Waals surface area contributed by atoms with Crippen LogP contribution < -0.4 is 5.32 Å². The highest BCUT2D eigenvalue weighted by Crippen LogP contribution is 2.33. The Hall–Kier alpha value is -1.91. The molecule has 0 bridgehead atoms. The summed E-state index contributed by atoms with van der Waals surface area (Å²) in [5, 5.41) is 11.6. The number of rotatable bonds is 5. The van der Waals surface area contributed by atoms with Gasteiger partial charge < -0.3 is 10.4 Å². The van der Waals surface area contributed by atoms with E-state index in [-0.39, 0.29) is 22.3 Å². The molecule has 11 heteroatoms. The second-order valence-electron chi connectivity index (χ2n) is 5.57. The van der Waals surface area contributed by atoms with Crippen LogP contribution in [0.25, 0.3) is 0 Å². The van der Waals surface area contributed by atoms with Crippen molar-refractivity contribution >= 4 is 11.6 Å². The third-order valence-electron chi connectivity index (χ3n) is 3.52. The fourth-order valence-electron chi connectivity index (χ4n) is 2.24. The highest BCUT2D eigenvalue weighted by molar-refractivity contribution is 6.30. The van der Waals surface area contributed by atoms with Crippen LogP contribution in [0.15, 0.2) is 36.5 Å². The SMILES string of the molecule is O[C@H](CN[C@H](c1cc(F)cc(C(F)(F)F)c1)c1ccc(Cl)cn1)C(F)(F)F. The number of benzene rings is 1. The minimum Gasteiger partial charge on any atom is -0.382 e. The Morgan fingerprint density at radius 1 is 1.07 bits per heavy atom. The van der Waals surface area contributed by atoms with Gasteiger partial charge in [-0.05, 0) is 35.9 Å². The van der Waals surface area contributed by atoms with Crippen molar-refractivity contribution in [3.05, 3.63) is 64.2 Å². The quantitative estimate of drug-likeness (QED) is 0.706. The van der Waals surface area contributed by atoms with Crippen molar-refractivity contribution in [1.29, 1.82) is 0 Å². The number of nitrogens with zero attached hydrogens (tertiary/aromatic N) is 1. The average Bonchev–Trinajstić information content (AvgIpc) is 2.54. The summed E-state index contributed by atoms with van der Waals surface area (Å²) in [7, 11) is 0. The van der Waals surface area contributed by atoms with E-state index in [1.165, 1.54) is 12.1 Å². The minimum atomic E-state index is -4.94. The van der Waals surface area contributed by atoms with Crippen molar-refractivity contribution in [2.75, 3.05) is 6.54 Å². The fraction of sp³-hybridized carbons (Fsp3) is 0.312. The Kier molecular flexibility index (Phi) is 6.33. The third-order valence-corrected chi connectivity index (χ3v) is 3.74. The van der Waals surface area contributed by atoms with E-state index >= 15 is 0 Å². The van der Waals surface area contributed by atoms with Crippen molar-refractivity contribution in [2.24, 2.45) is 0 Å². The lowest BCUT2D eigenvalue weighted by atomic mass is 9.99. The molecule has 0 aliphatic heterocycles. The molecule has 0 amide bonds. The van der Waals surface area contributed by atoms with Crippen LogP contribution >= 0.6 is 11.6 Å². The molecule has 0 saturated carbocycles. The van der Waals surface area contributed by atoms with E-state index in [4.69, 9.17) is 16.7 Å². The maximum Gasteiger partial charge on any atom is 0.416 e. The predicted molar refractivity (Wildman–Crippen MR) is 82.6 cm³/mol. The van der Waals surface area contributed by atoms with Crippen molar-refractivity contribution in [1.82, 2.24) is 10.3 Å². The zero-order chi connectivity index (χ0) is 20.4. The van der Waals surface area contributed by atoms with E-state index in [0.29, 0.717) is 6.07 Å². The summed E-state index contributed by atoms with van der Waals surface area (Å²) >= 11 is 5.68. The second kappa shape index (κ2) is 7.99. The van der Waals surface area contributed by atoms with Crippen LogP contribution in [0.1, 0.15) is 22.9 Å². The van der Waals surface area contributed by atoms with Gasteiger partial charge in [-0.3, -0.25) is 4.98 Å². The van der Waals surface area contributed by atoms with Gasteiger partial charge >= 0.3 is 12.4 Å². The maximum absolute atomic E-state index is 13.7. The molecule has 148 valence electrons. The third kappa shape index (κ3) is 5.78.